The SMILES string of the molecule is CSCC[C@H](NC(=O)c1ccc(COc2ccccc2CO)cc1-c1ccccc1C)C(=O)O. The number of thioether (sulfide) groups is 1. The maximum atomic E-state index is 13.2. The fraction of sp³-hybridized carbons (Fsp3) is 0.259. The maximum absolute atomic E-state index is 13.2. The number of aliphatic hydroxyl groups is 1. The van der Waals surface area contributed by atoms with E-state index >= 15 is 0 Å². The summed E-state index contributed by atoms with van der Waals surface area (Å²) >= 11 is 1.54. The highest BCUT2D eigenvalue weighted by atomic mass is 32.2. The molecule has 0 spiro atoms. The molecule has 3 aromatic rings. The smallest absolute Gasteiger partial charge is 0.326 e. The zero-order chi connectivity index (χ0) is 24.5. The predicted octanol–water partition coefficient (Wildman–Crippen LogP) is 4.67. The minimum absolute atomic E-state index is 0.120. The van der Waals surface area contributed by atoms with Gasteiger partial charge in [0.2, 0.25) is 0 Å². The first kappa shape index (κ1) is 25.3. The number of carboxylic acids is 1. The molecule has 0 aromatic heterocycles. The van der Waals surface area contributed by atoms with Crippen LogP contribution in [0.4, 0.5) is 0 Å². The number of ether oxygens (including phenoxy) is 1. The molecule has 3 N–H and O–H groups in total. The highest BCUT2D eigenvalue weighted by molar-refractivity contribution is 7.98. The van der Waals surface area contributed by atoms with Crippen molar-refractivity contribution in [2.24, 2.45) is 0 Å². The van der Waals surface area contributed by atoms with Gasteiger partial charge >= 0.3 is 5.97 Å². The normalized spacial score (nSPS) is 11.6. The predicted molar refractivity (Wildman–Crippen MR) is 135 cm³/mol. The lowest BCUT2D eigenvalue weighted by Gasteiger charge is -2.18. The standard InChI is InChI=1S/C27H29NO5S/c1-18-7-3-5-9-21(18)23-15-19(17-33-25-10-6-4-8-20(25)16-29)11-12-22(23)26(30)28-24(27(31)32)13-14-34-2/h3-12,15,24,29H,13-14,16-17H2,1-2H3,(H,28,30)(H,31,32)/t24-/m0/s1. The Morgan fingerprint density at radius 3 is 2.47 bits per heavy atom. The van der Waals surface area contributed by atoms with E-state index in [-0.39, 0.29) is 13.2 Å². The largest absolute Gasteiger partial charge is 0.489 e. The molecule has 0 saturated heterocycles. The molecule has 0 aliphatic carbocycles. The van der Waals surface area contributed by atoms with Crippen LogP contribution in [0.15, 0.2) is 66.7 Å². The zero-order valence-electron chi connectivity index (χ0n) is 19.3. The molecule has 0 radical (unpaired) electrons. The van der Waals surface area contributed by atoms with Gasteiger partial charge < -0.3 is 20.3 Å². The summed E-state index contributed by atoms with van der Waals surface area (Å²) in [5.74, 6) is -0.243. The van der Waals surface area contributed by atoms with Gasteiger partial charge in [0.1, 0.15) is 18.4 Å². The van der Waals surface area contributed by atoms with Gasteiger partial charge in [0.25, 0.3) is 5.91 Å². The van der Waals surface area contributed by atoms with E-state index in [1.165, 1.54) is 11.8 Å². The lowest BCUT2D eigenvalue weighted by atomic mass is 9.93. The van der Waals surface area contributed by atoms with Gasteiger partial charge in [-0.15, -0.1) is 0 Å². The van der Waals surface area contributed by atoms with Gasteiger partial charge in [0, 0.05) is 11.1 Å². The Morgan fingerprint density at radius 2 is 1.76 bits per heavy atom. The molecule has 0 fully saturated rings. The molecule has 0 aliphatic heterocycles. The second kappa shape index (κ2) is 12.3. The van der Waals surface area contributed by atoms with E-state index in [4.69, 9.17) is 4.74 Å². The Bertz CT molecular complexity index is 1150. The summed E-state index contributed by atoms with van der Waals surface area (Å²) in [6.07, 6.45) is 2.24. The van der Waals surface area contributed by atoms with Crippen LogP contribution in [-0.4, -0.2) is 40.1 Å². The summed E-state index contributed by atoms with van der Waals surface area (Å²) in [5, 5.41) is 21.7. The first-order valence-corrected chi connectivity index (χ1v) is 12.4. The number of para-hydroxylation sites is 1. The van der Waals surface area contributed by atoms with Crippen LogP contribution in [0.3, 0.4) is 0 Å². The van der Waals surface area contributed by atoms with Gasteiger partial charge in [-0.25, -0.2) is 4.79 Å². The first-order chi connectivity index (χ1) is 16.4. The quantitative estimate of drug-likeness (QED) is 0.370. The summed E-state index contributed by atoms with van der Waals surface area (Å²) in [4.78, 5) is 24.8. The molecular formula is C27H29NO5S. The Hall–Kier alpha value is -3.29. The Balaban J connectivity index is 1.92. The van der Waals surface area contributed by atoms with E-state index in [1.807, 2.05) is 55.6 Å². The van der Waals surface area contributed by atoms with Crippen LogP contribution in [0.2, 0.25) is 0 Å². The number of nitrogens with one attached hydrogen (secondary N) is 1. The lowest BCUT2D eigenvalue weighted by Crippen LogP contribution is -2.41. The Kier molecular flexibility index (Phi) is 9.13. The van der Waals surface area contributed by atoms with Gasteiger partial charge in [0.05, 0.1) is 6.61 Å². The average molecular weight is 480 g/mol. The summed E-state index contributed by atoms with van der Waals surface area (Å²) in [5.41, 5.74) is 4.55. The third-order valence-corrected chi connectivity index (χ3v) is 6.16. The molecule has 0 unspecified atom stereocenters. The molecule has 0 aliphatic rings. The number of benzene rings is 3. The van der Waals surface area contributed by atoms with Crippen LogP contribution in [0.25, 0.3) is 11.1 Å². The van der Waals surface area contributed by atoms with Gasteiger partial charge in [-0.3, -0.25) is 4.79 Å². The Labute approximate surface area is 204 Å². The molecule has 34 heavy (non-hydrogen) atoms. The van der Waals surface area contributed by atoms with Crippen molar-refractivity contribution in [2.45, 2.75) is 32.6 Å². The van der Waals surface area contributed by atoms with Gasteiger partial charge in [0.15, 0.2) is 0 Å². The Morgan fingerprint density at radius 1 is 1.03 bits per heavy atom. The molecular weight excluding hydrogens is 450 g/mol. The topological polar surface area (TPSA) is 95.9 Å². The van der Waals surface area contributed by atoms with E-state index < -0.39 is 17.9 Å². The van der Waals surface area contributed by atoms with Crippen LogP contribution in [-0.2, 0) is 18.0 Å². The van der Waals surface area contributed by atoms with Crippen molar-refractivity contribution in [3.8, 4) is 16.9 Å². The minimum Gasteiger partial charge on any atom is -0.489 e. The maximum Gasteiger partial charge on any atom is 0.326 e. The number of amides is 1. The van der Waals surface area contributed by atoms with Crippen LogP contribution >= 0.6 is 11.8 Å². The van der Waals surface area contributed by atoms with E-state index in [0.29, 0.717) is 34.6 Å². The molecule has 0 heterocycles. The number of rotatable bonds is 11. The van der Waals surface area contributed by atoms with Gasteiger partial charge in [-0.1, -0.05) is 48.5 Å². The molecule has 3 aromatic carbocycles. The number of carbonyl (C=O) groups is 2. The number of hydrogen-bond donors (Lipinski definition) is 3. The molecule has 1 amide bonds. The van der Waals surface area contributed by atoms with E-state index in [9.17, 15) is 19.8 Å². The van der Waals surface area contributed by atoms with E-state index in [0.717, 1.165) is 16.7 Å². The van der Waals surface area contributed by atoms with Crippen molar-refractivity contribution >= 4 is 23.6 Å². The van der Waals surface area contributed by atoms with Crippen molar-refractivity contribution in [3.05, 3.63) is 89.0 Å². The monoisotopic (exact) mass is 479 g/mol. The van der Waals surface area contributed by atoms with Crippen LogP contribution in [0.5, 0.6) is 5.75 Å². The highest BCUT2D eigenvalue weighted by Crippen LogP contribution is 2.29. The van der Waals surface area contributed by atoms with Crippen molar-refractivity contribution in [3.63, 3.8) is 0 Å². The number of carbonyl (C=O) groups excluding carboxylic acids is 1. The average Bonchev–Trinajstić information content (AvgIpc) is 2.85. The lowest BCUT2D eigenvalue weighted by molar-refractivity contribution is -0.139. The zero-order valence-corrected chi connectivity index (χ0v) is 20.1. The number of aliphatic carboxylic acids is 1. The molecule has 0 saturated carbocycles. The second-order valence-electron chi connectivity index (χ2n) is 7.90. The number of aryl methyl sites for hydroxylation is 1. The van der Waals surface area contributed by atoms with E-state index in [1.54, 1.807) is 24.3 Å². The van der Waals surface area contributed by atoms with Crippen molar-refractivity contribution in [1.82, 2.24) is 5.32 Å². The number of aliphatic hydroxyl groups excluding tert-OH is 1. The molecule has 6 nitrogen and oxygen atoms in total. The molecule has 3 rings (SSSR count). The number of carboxylic acid groups (broad SMARTS) is 1. The summed E-state index contributed by atoms with van der Waals surface area (Å²) in [7, 11) is 0. The van der Waals surface area contributed by atoms with Crippen LogP contribution < -0.4 is 10.1 Å². The molecule has 1 atom stereocenters. The van der Waals surface area contributed by atoms with E-state index in [2.05, 4.69) is 5.32 Å². The van der Waals surface area contributed by atoms with Gasteiger partial charge in [-0.2, -0.15) is 11.8 Å². The third kappa shape index (κ3) is 6.40. The molecule has 7 heteroatoms. The first-order valence-electron chi connectivity index (χ1n) is 11.0. The fourth-order valence-electron chi connectivity index (χ4n) is 3.64. The van der Waals surface area contributed by atoms with Gasteiger partial charge in [-0.05, 0) is 65.8 Å². The van der Waals surface area contributed by atoms with Crippen molar-refractivity contribution in [2.75, 3.05) is 12.0 Å². The summed E-state index contributed by atoms with van der Waals surface area (Å²) in [6.45, 7) is 2.10. The highest BCUT2D eigenvalue weighted by Gasteiger charge is 2.22. The molecule has 178 valence electrons. The minimum atomic E-state index is -1.05. The summed E-state index contributed by atoms with van der Waals surface area (Å²) in [6, 6.07) is 19.5. The second-order valence-corrected chi connectivity index (χ2v) is 8.88. The van der Waals surface area contributed by atoms with Crippen molar-refractivity contribution in [1.29, 1.82) is 0 Å². The van der Waals surface area contributed by atoms with Crippen molar-refractivity contribution < 1.29 is 24.5 Å². The summed E-state index contributed by atoms with van der Waals surface area (Å²) < 4.78 is 5.94. The number of hydrogen-bond acceptors (Lipinski definition) is 5. The van der Waals surface area contributed by atoms with Crippen LogP contribution in [0, 0.1) is 6.92 Å². The fourth-order valence-corrected chi connectivity index (χ4v) is 4.11. The van der Waals surface area contributed by atoms with Crippen LogP contribution in [0.1, 0.15) is 33.5 Å². The third-order valence-electron chi connectivity index (χ3n) is 5.52. The molecule has 0 bridgehead atoms.